The highest BCUT2D eigenvalue weighted by Crippen LogP contribution is 2.33. The van der Waals surface area contributed by atoms with Crippen LogP contribution in [0.5, 0.6) is 0 Å². The van der Waals surface area contributed by atoms with Gasteiger partial charge in [-0.05, 0) is 38.5 Å². The zero-order valence-corrected chi connectivity index (χ0v) is 13.8. The predicted octanol–water partition coefficient (Wildman–Crippen LogP) is 1.30. The Morgan fingerprint density at radius 1 is 1.35 bits per heavy atom. The molecule has 2 fully saturated rings. The maximum atomic E-state index is 11.9. The van der Waals surface area contributed by atoms with Crippen molar-refractivity contribution in [2.45, 2.75) is 44.7 Å². The third-order valence-corrected chi connectivity index (χ3v) is 4.99. The molecule has 3 N–H and O–H groups in total. The van der Waals surface area contributed by atoms with E-state index in [0.29, 0.717) is 11.0 Å². The smallest absolute Gasteiger partial charge is 0.321 e. The van der Waals surface area contributed by atoms with Crippen LogP contribution in [0.3, 0.4) is 0 Å². The van der Waals surface area contributed by atoms with Crippen LogP contribution < -0.4 is 10.6 Å². The number of aromatic nitrogens is 2. The fourth-order valence-electron chi connectivity index (χ4n) is 2.82. The summed E-state index contributed by atoms with van der Waals surface area (Å²) in [4.78, 5) is 24.9. The zero-order chi connectivity index (χ0) is 16.4. The molecule has 23 heavy (non-hydrogen) atoms. The van der Waals surface area contributed by atoms with E-state index >= 15 is 0 Å². The van der Waals surface area contributed by atoms with Crippen LogP contribution in [0.4, 0.5) is 9.93 Å². The summed E-state index contributed by atoms with van der Waals surface area (Å²) in [5.74, 6) is -0.128. The number of hydrogen-bond donors (Lipinski definition) is 3. The first kappa shape index (κ1) is 16.1. The number of aliphatic carboxylic acids is 1. The van der Waals surface area contributed by atoms with E-state index in [1.807, 2.05) is 11.8 Å². The number of aryl methyl sites for hydroxylation is 1. The molecule has 2 amide bonds. The van der Waals surface area contributed by atoms with Crippen molar-refractivity contribution in [1.29, 1.82) is 0 Å². The van der Waals surface area contributed by atoms with Gasteiger partial charge >= 0.3 is 12.0 Å². The Kier molecular flexibility index (Phi) is 4.76. The van der Waals surface area contributed by atoms with Crippen LogP contribution in [0.25, 0.3) is 0 Å². The van der Waals surface area contributed by atoms with Gasteiger partial charge in [-0.15, -0.1) is 10.2 Å². The lowest BCUT2D eigenvalue weighted by Gasteiger charge is -2.42. The lowest BCUT2D eigenvalue weighted by molar-refractivity contribution is -0.139. The van der Waals surface area contributed by atoms with Gasteiger partial charge in [0.05, 0.1) is 6.54 Å². The summed E-state index contributed by atoms with van der Waals surface area (Å²) in [6.07, 6.45) is 3.99. The van der Waals surface area contributed by atoms with Gasteiger partial charge in [0.15, 0.2) is 0 Å². The number of carboxylic acids is 1. The molecule has 0 spiro atoms. The molecule has 2 aliphatic rings. The Morgan fingerprint density at radius 3 is 2.65 bits per heavy atom. The number of rotatable bonds is 7. The monoisotopic (exact) mass is 339 g/mol. The Balaban J connectivity index is 1.41. The van der Waals surface area contributed by atoms with E-state index in [1.54, 1.807) is 0 Å². The van der Waals surface area contributed by atoms with Crippen molar-refractivity contribution in [1.82, 2.24) is 20.4 Å². The standard InChI is InChI=1S/C14H21N5O3S/c1-8-17-18-14(23-8)16-13(22)15-10-4-11(5-10)19(7-12(20)21)6-9-2-3-9/h9-11H,2-7H2,1H3,(H,20,21)(H2,15,16,18,22). The number of nitrogens with zero attached hydrogens (tertiary/aromatic N) is 3. The summed E-state index contributed by atoms with van der Waals surface area (Å²) >= 11 is 1.33. The highest BCUT2D eigenvalue weighted by atomic mass is 32.1. The molecule has 1 heterocycles. The number of anilines is 1. The van der Waals surface area contributed by atoms with Crippen molar-refractivity contribution in [2.75, 3.05) is 18.4 Å². The number of carboxylic acid groups (broad SMARTS) is 1. The van der Waals surface area contributed by atoms with Crippen molar-refractivity contribution < 1.29 is 14.7 Å². The Morgan fingerprint density at radius 2 is 2.09 bits per heavy atom. The molecular weight excluding hydrogens is 318 g/mol. The third kappa shape index (κ3) is 4.61. The fourth-order valence-corrected chi connectivity index (χ4v) is 3.40. The maximum absolute atomic E-state index is 11.9. The predicted molar refractivity (Wildman–Crippen MR) is 85.5 cm³/mol. The van der Waals surface area contributed by atoms with E-state index in [9.17, 15) is 9.59 Å². The molecular formula is C14H21N5O3S. The zero-order valence-electron chi connectivity index (χ0n) is 13.0. The molecule has 0 unspecified atom stereocenters. The molecule has 0 atom stereocenters. The maximum Gasteiger partial charge on any atom is 0.321 e. The minimum absolute atomic E-state index is 0.0874. The van der Waals surface area contributed by atoms with Crippen LogP contribution in [0.15, 0.2) is 0 Å². The quantitative estimate of drug-likeness (QED) is 0.691. The molecule has 1 aromatic heterocycles. The summed E-state index contributed by atoms with van der Waals surface area (Å²) < 4.78 is 0. The lowest BCUT2D eigenvalue weighted by atomic mass is 9.85. The minimum atomic E-state index is -0.786. The average molecular weight is 339 g/mol. The molecule has 3 rings (SSSR count). The first-order chi connectivity index (χ1) is 11.0. The number of hydrogen-bond acceptors (Lipinski definition) is 6. The van der Waals surface area contributed by atoms with Crippen molar-refractivity contribution in [2.24, 2.45) is 5.92 Å². The van der Waals surface area contributed by atoms with Crippen LogP contribution in [0.2, 0.25) is 0 Å². The van der Waals surface area contributed by atoms with Gasteiger partial charge in [-0.1, -0.05) is 11.3 Å². The van der Waals surface area contributed by atoms with E-state index in [0.717, 1.165) is 24.4 Å². The number of amides is 2. The van der Waals surface area contributed by atoms with Crippen LogP contribution >= 0.6 is 11.3 Å². The summed E-state index contributed by atoms with van der Waals surface area (Å²) in [5, 5.41) is 23.6. The molecule has 9 heteroatoms. The second-order valence-corrected chi connectivity index (χ2v) is 7.50. The van der Waals surface area contributed by atoms with E-state index in [-0.39, 0.29) is 24.7 Å². The molecule has 0 aromatic carbocycles. The van der Waals surface area contributed by atoms with Crippen LogP contribution in [-0.4, -0.2) is 57.4 Å². The topological polar surface area (TPSA) is 107 Å². The number of urea groups is 1. The van der Waals surface area contributed by atoms with E-state index in [4.69, 9.17) is 5.11 Å². The SMILES string of the molecule is Cc1nnc(NC(=O)NC2CC(N(CC(=O)O)CC3CC3)C2)s1. The first-order valence-electron chi connectivity index (χ1n) is 7.83. The minimum Gasteiger partial charge on any atom is -0.480 e. The van der Waals surface area contributed by atoms with Crippen LogP contribution in [0.1, 0.15) is 30.7 Å². The lowest BCUT2D eigenvalue weighted by Crippen LogP contribution is -2.55. The first-order valence-corrected chi connectivity index (χ1v) is 8.64. The van der Waals surface area contributed by atoms with Gasteiger partial charge in [0, 0.05) is 18.6 Å². The van der Waals surface area contributed by atoms with Gasteiger partial charge < -0.3 is 10.4 Å². The van der Waals surface area contributed by atoms with Crippen LogP contribution in [-0.2, 0) is 4.79 Å². The second-order valence-electron chi connectivity index (χ2n) is 6.31. The molecule has 1 aromatic rings. The van der Waals surface area contributed by atoms with Crippen molar-refractivity contribution in [3.8, 4) is 0 Å². The highest BCUT2D eigenvalue weighted by molar-refractivity contribution is 7.15. The van der Waals surface area contributed by atoms with Gasteiger partial charge in [-0.25, -0.2) is 4.79 Å². The van der Waals surface area contributed by atoms with Gasteiger partial charge in [-0.3, -0.25) is 15.0 Å². The highest BCUT2D eigenvalue weighted by Gasteiger charge is 2.37. The van der Waals surface area contributed by atoms with Gasteiger partial charge in [0.1, 0.15) is 5.01 Å². The Labute approximate surface area is 138 Å². The number of carbonyl (C=O) groups excluding carboxylic acids is 1. The summed E-state index contributed by atoms with van der Waals surface area (Å²) in [6.45, 7) is 2.78. The summed E-state index contributed by atoms with van der Waals surface area (Å²) in [5.41, 5.74) is 0. The van der Waals surface area contributed by atoms with E-state index in [2.05, 4.69) is 20.8 Å². The molecule has 2 aliphatic carbocycles. The molecule has 0 bridgehead atoms. The molecule has 2 saturated carbocycles. The van der Waals surface area contributed by atoms with E-state index < -0.39 is 5.97 Å². The fraction of sp³-hybridized carbons (Fsp3) is 0.714. The van der Waals surface area contributed by atoms with Crippen LogP contribution in [0, 0.1) is 12.8 Å². The van der Waals surface area contributed by atoms with E-state index in [1.165, 1.54) is 24.2 Å². The normalized spacial score (nSPS) is 23.4. The van der Waals surface area contributed by atoms with Crippen molar-refractivity contribution in [3.63, 3.8) is 0 Å². The number of nitrogens with one attached hydrogen (secondary N) is 2. The Hall–Kier alpha value is -1.74. The molecule has 0 radical (unpaired) electrons. The second kappa shape index (κ2) is 6.79. The summed E-state index contributed by atoms with van der Waals surface area (Å²) in [6, 6.07) is 0.0573. The van der Waals surface area contributed by atoms with Gasteiger partial charge in [-0.2, -0.15) is 0 Å². The molecule has 0 saturated heterocycles. The summed E-state index contributed by atoms with van der Waals surface area (Å²) in [7, 11) is 0. The van der Waals surface area contributed by atoms with Gasteiger partial charge in [0.2, 0.25) is 5.13 Å². The molecule has 126 valence electrons. The molecule has 8 nitrogen and oxygen atoms in total. The van der Waals surface area contributed by atoms with Crippen molar-refractivity contribution in [3.05, 3.63) is 5.01 Å². The molecule has 0 aliphatic heterocycles. The third-order valence-electron chi connectivity index (χ3n) is 4.24. The van der Waals surface area contributed by atoms with Crippen molar-refractivity contribution >= 4 is 28.5 Å². The number of carbonyl (C=O) groups is 2. The Bertz CT molecular complexity index is 583. The van der Waals surface area contributed by atoms with Gasteiger partial charge in [0.25, 0.3) is 0 Å². The average Bonchev–Trinajstić information content (AvgIpc) is 3.14. The largest absolute Gasteiger partial charge is 0.480 e.